The van der Waals surface area contributed by atoms with Gasteiger partial charge in [-0.2, -0.15) is 0 Å². The zero-order valence-electron chi connectivity index (χ0n) is 9.51. The van der Waals surface area contributed by atoms with E-state index < -0.39 is 5.91 Å². The molecule has 0 radical (unpaired) electrons. The molecule has 0 aliphatic rings. The first-order valence-electron chi connectivity index (χ1n) is 5.30. The van der Waals surface area contributed by atoms with Crippen LogP contribution >= 0.6 is 0 Å². The molecule has 0 aromatic heterocycles. The molecule has 0 atom stereocenters. The second-order valence-electron chi connectivity index (χ2n) is 3.76. The van der Waals surface area contributed by atoms with Gasteiger partial charge in [0.15, 0.2) is 0 Å². The second kappa shape index (κ2) is 4.70. The van der Waals surface area contributed by atoms with Crippen LogP contribution < -0.4 is 10.5 Å². The summed E-state index contributed by atoms with van der Waals surface area (Å²) >= 11 is 0. The Morgan fingerprint density at radius 2 is 1.76 bits per heavy atom. The van der Waals surface area contributed by atoms with Crippen LogP contribution in [0.4, 0.5) is 0 Å². The highest BCUT2D eigenvalue weighted by molar-refractivity contribution is 5.94. The number of aryl methyl sites for hydroxylation is 1. The number of hydrogen-bond donors (Lipinski definition) is 1. The lowest BCUT2D eigenvalue weighted by Gasteiger charge is -2.08. The van der Waals surface area contributed by atoms with Crippen molar-refractivity contribution < 1.29 is 9.53 Å². The molecule has 2 aromatic carbocycles. The lowest BCUT2D eigenvalue weighted by atomic mass is 10.1. The minimum Gasteiger partial charge on any atom is -0.457 e. The molecule has 0 fully saturated rings. The van der Waals surface area contributed by atoms with E-state index in [1.54, 1.807) is 18.2 Å². The van der Waals surface area contributed by atoms with Crippen LogP contribution in [-0.2, 0) is 0 Å². The third kappa shape index (κ3) is 2.64. The first kappa shape index (κ1) is 11.2. The van der Waals surface area contributed by atoms with Gasteiger partial charge in [0, 0.05) is 5.56 Å². The topological polar surface area (TPSA) is 52.3 Å². The SMILES string of the molecule is Cc1cc(Oc2ccccc2)ccc1C(N)=O. The summed E-state index contributed by atoms with van der Waals surface area (Å²) in [6.07, 6.45) is 0. The molecule has 86 valence electrons. The summed E-state index contributed by atoms with van der Waals surface area (Å²) in [6, 6.07) is 14.7. The van der Waals surface area contributed by atoms with Crippen molar-refractivity contribution in [3.05, 3.63) is 59.7 Å². The Morgan fingerprint density at radius 3 is 2.35 bits per heavy atom. The summed E-state index contributed by atoms with van der Waals surface area (Å²) < 4.78 is 5.64. The van der Waals surface area contributed by atoms with E-state index in [2.05, 4.69) is 0 Å². The molecule has 0 aliphatic carbocycles. The standard InChI is InChI=1S/C14H13NO2/c1-10-9-12(7-8-13(10)14(15)16)17-11-5-3-2-4-6-11/h2-9H,1H3,(H2,15,16). The second-order valence-corrected chi connectivity index (χ2v) is 3.76. The van der Waals surface area contributed by atoms with Crippen molar-refractivity contribution in [2.75, 3.05) is 0 Å². The molecule has 3 heteroatoms. The van der Waals surface area contributed by atoms with Crippen molar-refractivity contribution in [3.8, 4) is 11.5 Å². The number of rotatable bonds is 3. The highest BCUT2D eigenvalue weighted by Gasteiger charge is 2.06. The molecule has 0 heterocycles. The summed E-state index contributed by atoms with van der Waals surface area (Å²) in [6.45, 7) is 1.83. The molecule has 2 N–H and O–H groups in total. The highest BCUT2D eigenvalue weighted by atomic mass is 16.5. The maximum absolute atomic E-state index is 11.1. The summed E-state index contributed by atoms with van der Waals surface area (Å²) in [4.78, 5) is 11.1. The van der Waals surface area contributed by atoms with Gasteiger partial charge in [-0.05, 0) is 42.8 Å². The fraction of sp³-hybridized carbons (Fsp3) is 0.0714. The number of hydrogen-bond acceptors (Lipinski definition) is 2. The lowest BCUT2D eigenvalue weighted by Crippen LogP contribution is -2.12. The predicted molar refractivity (Wildman–Crippen MR) is 66.2 cm³/mol. The van der Waals surface area contributed by atoms with Gasteiger partial charge in [0.2, 0.25) is 5.91 Å². The number of primary amides is 1. The summed E-state index contributed by atoms with van der Waals surface area (Å²) in [5.41, 5.74) is 6.57. The van der Waals surface area contributed by atoms with Gasteiger partial charge in [-0.15, -0.1) is 0 Å². The number of carbonyl (C=O) groups excluding carboxylic acids is 1. The van der Waals surface area contributed by atoms with Gasteiger partial charge < -0.3 is 10.5 Å². The van der Waals surface area contributed by atoms with E-state index in [4.69, 9.17) is 10.5 Å². The van der Waals surface area contributed by atoms with Gasteiger partial charge >= 0.3 is 0 Å². The van der Waals surface area contributed by atoms with Crippen LogP contribution in [0.3, 0.4) is 0 Å². The minimum absolute atomic E-state index is 0.422. The Hall–Kier alpha value is -2.29. The molecular formula is C14H13NO2. The van der Waals surface area contributed by atoms with Gasteiger partial charge in [0.1, 0.15) is 11.5 Å². The predicted octanol–water partition coefficient (Wildman–Crippen LogP) is 2.89. The molecule has 0 bridgehead atoms. The molecule has 0 spiro atoms. The zero-order valence-corrected chi connectivity index (χ0v) is 9.51. The molecular weight excluding hydrogens is 214 g/mol. The third-order valence-corrected chi connectivity index (χ3v) is 2.44. The minimum atomic E-state index is -0.422. The quantitative estimate of drug-likeness (QED) is 0.876. The monoisotopic (exact) mass is 227 g/mol. The van der Waals surface area contributed by atoms with Crippen LogP contribution in [0.25, 0.3) is 0 Å². The molecule has 0 saturated carbocycles. The van der Waals surface area contributed by atoms with Crippen LogP contribution in [0.2, 0.25) is 0 Å². The number of ether oxygens (including phenoxy) is 1. The maximum Gasteiger partial charge on any atom is 0.248 e. The molecule has 2 aromatic rings. The molecule has 1 amide bonds. The van der Waals surface area contributed by atoms with Crippen molar-refractivity contribution in [3.63, 3.8) is 0 Å². The number of nitrogens with two attached hydrogens (primary N) is 1. The molecule has 3 nitrogen and oxygen atoms in total. The number of para-hydroxylation sites is 1. The molecule has 0 aliphatic heterocycles. The van der Waals surface area contributed by atoms with E-state index in [0.717, 1.165) is 11.3 Å². The fourth-order valence-corrected chi connectivity index (χ4v) is 1.60. The summed E-state index contributed by atoms with van der Waals surface area (Å²) in [5.74, 6) is 1.03. The van der Waals surface area contributed by atoms with Gasteiger partial charge in [0.05, 0.1) is 0 Å². The number of carbonyl (C=O) groups is 1. The van der Waals surface area contributed by atoms with Crippen molar-refractivity contribution in [2.24, 2.45) is 5.73 Å². The van der Waals surface area contributed by atoms with Crippen LogP contribution in [0.5, 0.6) is 11.5 Å². The van der Waals surface area contributed by atoms with Crippen molar-refractivity contribution in [1.29, 1.82) is 0 Å². The van der Waals surface area contributed by atoms with Crippen LogP contribution in [0.1, 0.15) is 15.9 Å². The maximum atomic E-state index is 11.1. The first-order valence-corrected chi connectivity index (χ1v) is 5.30. The average Bonchev–Trinajstić information content (AvgIpc) is 2.30. The molecule has 17 heavy (non-hydrogen) atoms. The van der Waals surface area contributed by atoms with Gasteiger partial charge in [-0.1, -0.05) is 18.2 Å². The van der Waals surface area contributed by atoms with Crippen molar-refractivity contribution in [1.82, 2.24) is 0 Å². The van der Waals surface area contributed by atoms with Crippen molar-refractivity contribution >= 4 is 5.91 Å². The van der Waals surface area contributed by atoms with Crippen LogP contribution in [0, 0.1) is 6.92 Å². The van der Waals surface area contributed by atoms with Crippen LogP contribution in [0.15, 0.2) is 48.5 Å². The third-order valence-electron chi connectivity index (χ3n) is 2.44. The van der Waals surface area contributed by atoms with Gasteiger partial charge in [0.25, 0.3) is 0 Å². The van der Waals surface area contributed by atoms with E-state index in [1.165, 1.54) is 0 Å². The Balaban J connectivity index is 2.24. The van der Waals surface area contributed by atoms with E-state index in [1.807, 2.05) is 37.3 Å². The molecule has 2 rings (SSSR count). The Bertz CT molecular complexity index is 535. The lowest BCUT2D eigenvalue weighted by molar-refractivity contribution is 0.0999. The molecule has 0 unspecified atom stereocenters. The highest BCUT2D eigenvalue weighted by Crippen LogP contribution is 2.23. The Labute approximate surface area is 99.8 Å². The van der Waals surface area contributed by atoms with Crippen molar-refractivity contribution in [2.45, 2.75) is 6.92 Å². The van der Waals surface area contributed by atoms with Gasteiger partial charge in [-0.25, -0.2) is 0 Å². The Kier molecular flexibility index (Phi) is 3.10. The van der Waals surface area contributed by atoms with E-state index in [-0.39, 0.29) is 0 Å². The summed E-state index contributed by atoms with van der Waals surface area (Å²) in [7, 11) is 0. The summed E-state index contributed by atoms with van der Waals surface area (Å²) in [5, 5.41) is 0. The van der Waals surface area contributed by atoms with Gasteiger partial charge in [-0.3, -0.25) is 4.79 Å². The largest absolute Gasteiger partial charge is 0.457 e. The normalized spacial score (nSPS) is 9.94. The molecule has 0 saturated heterocycles. The zero-order chi connectivity index (χ0) is 12.3. The first-order chi connectivity index (χ1) is 8.16. The van der Waals surface area contributed by atoms with Crippen LogP contribution in [-0.4, -0.2) is 5.91 Å². The Morgan fingerprint density at radius 1 is 1.06 bits per heavy atom. The smallest absolute Gasteiger partial charge is 0.248 e. The van der Waals surface area contributed by atoms with E-state index in [0.29, 0.717) is 11.3 Å². The fourth-order valence-electron chi connectivity index (χ4n) is 1.60. The van der Waals surface area contributed by atoms with E-state index in [9.17, 15) is 4.79 Å². The number of amides is 1. The number of benzene rings is 2. The van der Waals surface area contributed by atoms with E-state index >= 15 is 0 Å². The average molecular weight is 227 g/mol.